The van der Waals surface area contributed by atoms with E-state index in [9.17, 15) is 9.59 Å². The van der Waals surface area contributed by atoms with Crippen molar-refractivity contribution in [3.8, 4) is 17.0 Å². The number of nitrogens with zero attached hydrogens (tertiary/aromatic N) is 2. The summed E-state index contributed by atoms with van der Waals surface area (Å²) in [6.45, 7) is -0.188. The van der Waals surface area contributed by atoms with Crippen LogP contribution in [0.25, 0.3) is 11.3 Å². The summed E-state index contributed by atoms with van der Waals surface area (Å²) in [4.78, 5) is 24.7. The summed E-state index contributed by atoms with van der Waals surface area (Å²) in [5.41, 5.74) is 3.58. The molecule has 0 aliphatic carbocycles. The van der Waals surface area contributed by atoms with Crippen molar-refractivity contribution in [2.24, 2.45) is 0 Å². The highest BCUT2D eigenvalue weighted by atomic mass is 16.5. The predicted molar refractivity (Wildman–Crippen MR) is 125 cm³/mol. The minimum absolute atomic E-state index is 0.188. The number of ether oxygens (including phenoxy) is 1. The van der Waals surface area contributed by atoms with Gasteiger partial charge in [0.1, 0.15) is 12.3 Å². The molecule has 0 unspecified atom stereocenters. The van der Waals surface area contributed by atoms with E-state index in [0.717, 1.165) is 27.4 Å². The van der Waals surface area contributed by atoms with Gasteiger partial charge in [-0.15, -0.1) is 0 Å². The second-order valence-electron chi connectivity index (χ2n) is 7.06. The summed E-state index contributed by atoms with van der Waals surface area (Å²) in [5.74, 6) is 0.390. The molecule has 0 aliphatic rings. The van der Waals surface area contributed by atoms with Crippen molar-refractivity contribution >= 4 is 23.0 Å². The van der Waals surface area contributed by atoms with E-state index in [1.807, 2.05) is 66.7 Å². The highest BCUT2D eigenvalue weighted by Crippen LogP contribution is 2.20. The number of rotatable bonds is 7. The Balaban J connectivity index is 1.41. The van der Waals surface area contributed by atoms with E-state index in [4.69, 9.17) is 4.74 Å². The Bertz CT molecular complexity index is 1250. The van der Waals surface area contributed by atoms with Gasteiger partial charge in [-0.05, 0) is 66.7 Å². The van der Waals surface area contributed by atoms with Gasteiger partial charge in [-0.3, -0.25) is 9.59 Å². The van der Waals surface area contributed by atoms with Crippen molar-refractivity contribution in [2.75, 3.05) is 17.7 Å². The lowest BCUT2D eigenvalue weighted by molar-refractivity contribution is -0.117. The summed E-state index contributed by atoms with van der Waals surface area (Å²) >= 11 is 0. The molecule has 2 N–H and O–H groups in total. The molecule has 0 saturated carbocycles. The molecule has 7 nitrogen and oxygen atoms in total. The van der Waals surface area contributed by atoms with E-state index in [1.54, 1.807) is 25.3 Å². The normalized spacial score (nSPS) is 10.4. The third-order valence-corrected chi connectivity index (χ3v) is 4.78. The van der Waals surface area contributed by atoms with Crippen LogP contribution >= 0.6 is 0 Å². The van der Waals surface area contributed by atoms with Gasteiger partial charge in [0, 0.05) is 28.7 Å². The van der Waals surface area contributed by atoms with Gasteiger partial charge in [0.05, 0.1) is 12.8 Å². The number of aromatic nitrogens is 2. The number of para-hydroxylation sites is 1. The van der Waals surface area contributed by atoms with E-state index in [0.29, 0.717) is 11.4 Å². The Labute approximate surface area is 185 Å². The number of carbonyl (C=O) groups is 1. The molecule has 1 heterocycles. The van der Waals surface area contributed by atoms with Crippen molar-refractivity contribution in [3.63, 3.8) is 0 Å². The van der Waals surface area contributed by atoms with Crippen molar-refractivity contribution in [1.82, 2.24) is 9.78 Å². The number of benzene rings is 3. The molecule has 0 bridgehead atoms. The molecule has 3 aromatic carbocycles. The van der Waals surface area contributed by atoms with Gasteiger partial charge >= 0.3 is 0 Å². The molecule has 0 fully saturated rings. The van der Waals surface area contributed by atoms with Crippen LogP contribution in [-0.4, -0.2) is 22.8 Å². The Kier molecular flexibility index (Phi) is 6.27. The standard InChI is InChI=1S/C25H22N4O3/c1-32-22-13-7-18(8-14-22)23-15-16-25(31)29(28-23)17-24(30)27-21-11-9-20(10-12-21)26-19-5-3-2-4-6-19/h2-16,26H,17H2,1H3,(H,27,30). The topological polar surface area (TPSA) is 85.2 Å². The van der Waals surface area contributed by atoms with Gasteiger partial charge in [-0.25, -0.2) is 4.68 Å². The Morgan fingerprint density at radius 2 is 1.50 bits per heavy atom. The molecule has 1 aromatic heterocycles. The predicted octanol–water partition coefficient (Wildman–Crippen LogP) is 4.30. The average molecular weight is 426 g/mol. The van der Waals surface area contributed by atoms with E-state index in [2.05, 4.69) is 15.7 Å². The molecule has 4 rings (SSSR count). The highest BCUT2D eigenvalue weighted by Gasteiger charge is 2.09. The summed E-state index contributed by atoms with van der Waals surface area (Å²) in [6.07, 6.45) is 0. The van der Waals surface area contributed by atoms with E-state index in [1.165, 1.54) is 6.07 Å². The summed E-state index contributed by atoms with van der Waals surface area (Å²) in [7, 11) is 1.60. The van der Waals surface area contributed by atoms with Gasteiger partial charge in [-0.1, -0.05) is 18.2 Å². The molecule has 0 aliphatic heterocycles. The van der Waals surface area contributed by atoms with Gasteiger partial charge in [0.15, 0.2) is 0 Å². The molecule has 0 spiro atoms. The van der Waals surface area contributed by atoms with Gasteiger partial charge in [0.25, 0.3) is 5.56 Å². The van der Waals surface area contributed by atoms with Crippen LogP contribution in [0.15, 0.2) is 95.8 Å². The Morgan fingerprint density at radius 1 is 0.844 bits per heavy atom. The van der Waals surface area contributed by atoms with Crippen LogP contribution in [0.3, 0.4) is 0 Å². The minimum Gasteiger partial charge on any atom is -0.497 e. The fraction of sp³-hybridized carbons (Fsp3) is 0.0800. The summed E-state index contributed by atoms with van der Waals surface area (Å²) < 4.78 is 6.31. The van der Waals surface area contributed by atoms with E-state index in [-0.39, 0.29) is 18.0 Å². The number of nitrogens with one attached hydrogen (secondary N) is 2. The van der Waals surface area contributed by atoms with Crippen molar-refractivity contribution in [3.05, 3.63) is 101 Å². The van der Waals surface area contributed by atoms with E-state index >= 15 is 0 Å². The van der Waals surface area contributed by atoms with Crippen LogP contribution in [0.4, 0.5) is 17.1 Å². The molecule has 0 atom stereocenters. The SMILES string of the molecule is COc1ccc(-c2ccc(=O)n(CC(=O)Nc3ccc(Nc4ccccc4)cc3)n2)cc1. The van der Waals surface area contributed by atoms with Crippen LogP contribution < -0.4 is 20.9 Å². The number of methoxy groups -OCH3 is 1. The third kappa shape index (κ3) is 5.20. The van der Waals surface area contributed by atoms with Gasteiger partial charge < -0.3 is 15.4 Å². The van der Waals surface area contributed by atoms with E-state index < -0.39 is 0 Å². The lowest BCUT2D eigenvalue weighted by Crippen LogP contribution is -2.29. The number of hydrogen-bond donors (Lipinski definition) is 2. The smallest absolute Gasteiger partial charge is 0.267 e. The van der Waals surface area contributed by atoms with Crippen LogP contribution in [0.2, 0.25) is 0 Å². The van der Waals surface area contributed by atoms with Crippen molar-refractivity contribution < 1.29 is 9.53 Å². The maximum atomic E-state index is 12.5. The zero-order valence-corrected chi connectivity index (χ0v) is 17.5. The molecular weight excluding hydrogens is 404 g/mol. The monoisotopic (exact) mass is 426 g/mol. The number of anilines is 3. The molecule has 32 heavy (non-hydrogen) atoms. The molecule has 7 heteroatoms. The second-order valence-corrected chi connectivity index (χ2v) is 7.06. The summed E-state index contributed by atoms with van der Waals surface area (Å²) in [5, 5.41) is 10.4. The van der Waals surface area contributed by atoms with Gasteiger partial charge in [-0.2, -0.15) is 5.10 Å². The largest absolute Gasteiger partial charge is 0.497 e. The molecular formula is C25H22N4O3. The Hall–Kier alpha value is -4.39. The minimum atomic E-state index is -0.347. The first-order valence-corrected chi connectivity index (χ1v) is 10.1. The van der Waals surface area contributed by atoms with Crippen LogP contribution in [0, 0.1) is 0 Å². The molecule has 0 radical (unpaired) electrons. The first-order valence-electron chi connectivity index (χ1n) is 10.1. The number of amides is 1. The molecule has 4 aromatic rings. The maximum absolute atomic E-state index is 12.5. The Morgan fingerprint density at radius 3 is 2.19 bits per heavy atom. The average Bonchev–Trinajstić information content (AvgIpc) is 2.82. The number of hydrogen-bond acceptors (Lipinski definition) is 5. The van der Waals surface area contributed by atoms with Crippen LogP contribution in [0.1, 0.15) is 0 Å². The fourth-order valence-corrected chi connectivity index (χ4v) is 3.14. The lowest BCUT2D eigenvalue weighted by atomic mass is 10.1. The van der Waals surface area contributed by atoms with Gasteiger partial charge in [0.2, 0.25) is 5.91 Å². The first-order chi connectivity index (χ1) is 15.6. The highest BCUT2D eigenvalue weighted by molar-refractivity contribution is 5.90. The number of carbonyl (C=O) groups excluding carboxylic acids is 1. The lowest BCUT2D eigenvalue weighted by Gasteiger charge is -2.10. The maximum Gasteiger partial charge on any atom is 0.267 e. The van der Waals surface area contributed by atoms with Crippen LogP contribution in [-0.2, 0) is 11.3 Å². The molecule has 1 amide bonds. The first kappa shape index (κ1) is 20.9. The summed E-state index contributed by atoms with van der Waals surface area (Å²) in [6, 6.07) is 27.5. The quantitative estimate of drug-likeness (QED) is 0.460. The fourth-order valence-electron chi connectivity index (χ4n) is 3.14. The second kappa shape index (κ2) is 9.61. The zero-order chi connectivity index (χ0) is 22.3. The molecule has 160 valence electrons. The molecule has 0 saturated heterocycles. The zero-order valence-electron chi connectivity index (χ0n) is 17.5. The van der Waals surface area contributed by atoms with Crippen molar-refractivity contribution in [1.29, 1.82) is 0 Å². The third-order valence-electron chi connectivity index (χ3n) is 4.78. The van der Waals surface area contributed by atoms with Crippen molar-refractivity contribution in [2.45, 2.75) is 6.54 Å². The van der Waals surface area contributed by atoms with Crippen LogP contribution in [0.5, 0.6) is 5.75 Å².